The lowest BCUT2D eigenvalue weighted by Crippen LogP contribution is -1.98. The van der Waals surface area contributed by atoms with Crippen molar-refractivity contribution >= 4 is 65.6 Å². The maximum atomic E-state index is 6.50. The second-order valence-electron chi connectivity index (χ2n) is 11.7. The summed E-state index contributed by atoms with van der Waals surface area (Å²) < 4.78 is 11.3. The molecule has 210 valence electrons. The minimum absolute atomic E-state index is 0.909. The number of aromatic nitrogens is 2. The normalized spacial score (nSPS) is 12.0. The zero-order valence-corrected chi connectivity index (χ0v) is 24.3. The van der Waals surface area contributed by atoms with Crippen LogP contribution in [0.25, 0.3) is 88.1 Å². The molecule has 3 nitrogen and oxygen atoms in total. The molecule has 0 bridgehead atoms. The van der Waals surface area contributed by atoms with E-state index >= 15 is 0 Å². The predicted octanol–water partition coefficient (Wildman–Crippen LogP) is 11.4. The summed E-state index contributed by atoms with van der Waals surface area (Å²) in [4.78, 5) is 0. The average molecular weight is 575 g/mol. The van der Waals surface area contributed by atoms with Gasteiger partial charge in [0.05, 0.1) is 27.8 Å². The van der Waals surface area contributed by atoms with Gasteiger partial charge in [-0.1, -0.05) is 109 Å². The first-order valence-electron chi connectivity index (χ1n) is 15.4. The van der Waals surface area contributed by atoms with Gasteiger partial charge in [-0.05, 0) is 48.5 Å². The summed E-state index contributed by atoms with van der Waals surface area (Å²) in [6.07, 6.45) is 0. The van der Waals surface area contributed by atoms with Crippen molar-refractivity contribution in [1.29, 1.82) is 0 Å². The van der Waals surface area contributed by atoms with Crippen LogP contribution in [0, 0.1) is 0 Å². The van der Waals surface area contributed by atoms with Gasteiger partial charge in [-0.15, -0.1) is 0 Å². The van der Waals surface area contributed by atoms with Gasteiger partial charge in [-0.25, -0.2) is 0 Å². The molecule has 10 aromatic rings. The molecule has 0 aliphatic carbocycles. The Labute approximate surface area is 258 Å². The van der Waals surface area contributed by atoms with Crippen LogP contribution in [0.2, 0.25) is 0 Å². The molecule has 45 heavy (non-hydrogen) atoms. The molecule has 7 aromatic carbocycles. The van der Waals surface area contributed by atoms with E-state index in [9.17, 15) is 0 Å². The molecule has 3 heterocycles. The van der Waals surface area contributed by atoms with Crippen LogP contribution < -0.4 is 0 Å². The largest absolute Gasteiger partial charge is 0.455 e. The SMILES string of the molecule is c1ccc(-n2c3ccccc3c3cc(-n4c5ccccc5c5ccccc54)ccc32)c(-c2cccc3c2oc2ccccc23)c1. The van der Waals surface area contributed by atoms with Crippen LogP contribution >= 0.6 is 0 Å². The van der Waals surface area contributed by atoms with E-state index in [-0.39, 0.29) is 0 Å². The quantitative estimate of drug-likeness (QED) is 0.206. The molecule has 3 aromatic heterocycles. The van der Waals surface area contributed by atoms with E-state index in [1.807, 2.05) is 12.1 Å². The van der Waals surface area contributed by atoms with Gasteiger partial charge in [-0.2, -0.15) is 0 Å². The van der Waals surface area contributed by atoms with Crippen molar-refractivity contribution in [3.63, 3.8) is 0 Å². The van der Waals surface area contributed by atoms with Crippen molar-refractivity contribution in [2.75, 3.05) is 0 Å². The van der Waals surface area contributed by atoms with Crippen LogP contribution in [-0.2, 0) is 0 Å². The number of rotatable bonds is 3. The smallest absolute Gasteiger partial charge is 0.143 e. The number of hydrogen-bond acceptors (Lipinski definition) is 1. The number of fused-ring (bicyclic) bond motifs is 9. The van der Waals surface area contributed by atoms with Crippen molar-refractivity contribution in [3.05, 3.63) is 158 Å². The van der Waals surface area contributed by atoms with E-state index in [2.05, 4.69) is 155 Å². The first kappa shape index (κ1) is 24.4. The number of benzene rings is 7. The first-order valence-corrected chi connectivity index (χ1v) is 15.4. The molecular formula is C42H26N2O. The van der Waals surface area contributed by atoms with Gasteiger partial charge < -0.3 is 13.6 Å². The summed E-state index contributed by atoms with van der Waals surface area (Å²) >= 11 is 0. The number of nitrogens with zero attached hydrogens (tertiary/aromatic N) is 2. The Bertz CT molecular complexity index is 2720. The van der Waals surface area contributed by atoms with Crippen molar-refractivity contribution in [3.8, 4) is 22.5 Å². The van der Waals surface area contributed by atoms with Crippen LogP contribution in [0.4, 0.5) is 0 Å². The summed E-state index contributed by atoms with van der Waals surface area (Å²) in [5, 5.41) is 7.26. The summed E-state index contributed by atoms with van der Waals surface area (Å²) in [6, 6.07) is 56.5. The van der Waals surface area contributed by atoms with Gasteiger partial charge in [0.1, 0.15) is 11.2 Å². The molecule has 0 N–H and O–H groups in total. The summed E-state index contributed by atoms with van der Waals surface area (Å²) in [6.45, 7) is 0. The number of furan rings is 1. The highest BCUT2D eigenvalue weighted by molar-refractivity contribution is 6.14. The Kier molecular flexibility index (Phi) is 5.00. The van der Waals surface area contributed by atoms with Crippen LogP contribution in [0.1, 0.15) is 0 Å². The lowest BCUT2D eigenvalue weighted by atomic mass is 10.0. The molecule has 0 aliphatic rings. The van der Waals surface area contributed by atoms with Gasteiger partial charge in [0, 0.05) is 49.1 Å². The minimum Gasteiger partial charge on any atom is -0.455 e. The second kappa shape index (κ2) is 9.22. The van der Waals surface area contributed by atoms with Gasteiger partial charge in [-0.3, -0.25) is 0 Å². The zero-order valence-electron chi connectivity index (χ0n) is 24.3. The van der Waals surface area contributed by atoms with Crippen LogP contribution in [0.5, 0.6) is 0 Å². The van der Waals surface area contributed by atoms with E-state index in [1.165, 1.54) is 43.6 Å². The van der Waals surface area contributed by atoms with E-state index < -0.39 is 0 Å². The third-order valence-electron chi connectivity index (χ3n) is 9.33. The Balaban J connectivity index is 1.25. The van der Waals surface area contributed by atoms with E-state index in [1.54, 1.807) is 0 Å². The lowest BCUT2D eigenvalue weighted by Gasteiger charge is -2.14. The molecule has 0 saturated carbocycles. The Morgan fingerprint density at radius 1 is 0.356 bits per heavy atom. The molecule has 3 heteroatoms. The molecule has 0 fully saturated rings. The third kappa shape index (κ3) is 3.41. The Morgan fingerprint density at radius 2 is 0.889 bits per heavy atom. The molecule has 0 radical (unpaired) electrons. The molecule has 0 spiro atoms. The maximum absolute atomic E-state index is 6.50. The van der Waals surface area contributed by atoms with Crippen LogP contribution in [0.15, 0.2) is 162 Å². The third-order valence-corrected chi connectivity index (χ3v) is 9.33. The number of hydrogen-bond donors (Lipinski definition) is 0. The fourth-order valence-electron chi connectivity index (χ4n) is 7.42. The van der Waals surface area contributed by atoms with Crippen molar-refractivity contribution < 1.29 is 4.42 Å². The highest BCUT2D eigenvalue weighted by atomic mass is 16.3. The molecule has 0 unspecified atom stereocenters. The second-order valence-corrected chi connectivity index (χ2v) is 11.7. The van der Waals surface area contributed by atoms with Gasteiger partial charge in [0.25, 0.3) is 0 Å². The molecule has 10 rings (SSSR count). The standard InChI is InChI=1S/C42H26N2O/c1-6-19-36-28(12-1)29-13-2-7-20-37(29)43(36)27-24-25-40-35(26-27)31-15-4-9-22-39(31)44(40)38-21-8-3-14-30(38)33-17-11-18-34-32-16-5-10-23-41(32)45-42(33)34/h1-26H. The zero-order chi connectivity index (χ0) is 29.5. The minimum atomic E-state index is 0.909. The van der Waals surface area contributed by atoms with Crippen molar-refractivity contribution in [2.45, 2.75) is 0 Å². The van der Waals surface area contributed by atoms with Gasteiger partial charge in [0.2, 0.25) is 0 Å². The Morgan fingerprint density at radius 3 is 1.64 bits per heavy atom. The van der Waals surface area contributed by atoms with E-state index in [0.717, 1.165) is 44.4 Å². The molecule has 0 aliphatic heterocycles. The lowest BCUT2D eigenvalue weighted by molar-refractivity contribution is 0.670. The Hall–Kier alpha value is -6.06. The first-order chi connectivity index (χ1) is 22.3. The van der Waals surface area contributed by atoms with E-state index in [4.69, 9.17) is 4.42 Å². The molecular weight excluding hydrogens is 548 g/mol. The fourth-order valence-corrected chi connectivity index (χ4v) is 7.42. The summed E-state index contributed by atoms with van der Waals surface area (Å²) in [5.41, 5.74) is 11.1. The van der Waals surface area contributed by atoms with Crippen LogP contribution in [-0.4, -0.2) is 9.13 Å². The fraction of sp³-hybridized carbons (Fsp3) is 0. The molecule has 0 amide bonds. The topological polar surface area (TPSA) is 23.0 Å². The monoisotopic (exact) mass is 574 g/mol. The average Bonchev–Trinajstić information content (AvgIpc) is 3.76. The maximum Gasteiger partial charge on any atom is 0.143 e. The number of para-hydroxylation sites is 6. The highest BCUT2D eigenvalue weighted by Crippen LogP contribution is 2.41. The van der Waals surface area contributed by atoms with Crippen molar-refractivity contribution in [2.24, 2.45) is 0 Å². The summed E-state index contributed by atoms with van der Waals surface area (Å²) in [7, 11) is 0. The van der Waals surface area contributed by atoms with Crippen LogP contribution in [0.3, 0.4) is 0 Å². The highest BCUT2D eigenvalue weighted by Gasteiger charge is 2.20. The van der Waals surface area contributed by atoms with Crippen molar-refractivity contribution in [1.82, 2.24) is 9.13 Å². The summed E-state index contributed by atoms with van der Waals surface area (Å²) in [5.74, 6) is 0. The predicted molar refractivity (Wildman–Crippen MR) is 188 cm³/mol. The molecule has 0 atom stereocenters. The van der Waals surface area contributed by atoms with Gasteiger partial charge >= 0.3 is 0 Å². The van der Waals surface area contributed by atoms with Gasteiger partial charge in [0.15, 0.2) is 0 Å². The molecule has 0 saturated heterocycles. The van der Waals surface area contributed by atoms with E-state index in [0.29, 0.717) is 0 Å².